The maximum absolute atomic E-state index is 12.1. The topological polar surface area (TPSA) is 71.2 Å². The molecule has 2 heterocycles. The predicted octanol–water partition coefficient (Wildman–Crippen LogP) is 3.31. The Hall–Kier alpha value is -3.36. The average molecular weight is 349 g/mol. The van der Waals surface area contributed by atoms with E-state index in [1.165, 1.54) is 43.0 Å². The van der Waals surface area contributed by atoms with Crippen LogP contribution >= 0.6 is 0 Å². The van der Waals surface area contributed by atoms with Crippen LogP contribution in [0.1, 0.15) is 0 Å². The van der Waals surface area contributed by atoms with Gasteiger partial charge in [0.2, 0.25) is 12.4 Å². The molecule has 0 fully saturated rings. The quantitative estimate of drug-likeness (QED) is 0.559. The van der Waals surface area contributed by atoms with Gasteiger partial charge in [0.05, 0.1) is 5.69 Å². The van der Waals surface area contributed by atoms with Gasteiger partial charge in [-0.1, -0.05) is 0 Å². The summed E-state index contributed by atoms with van der Waals surface area (Å²) in [5, 5.41) is 12.2. The van der Waals surface area contributed by atoms with Crippen molar-refractivity contribution in [3.8, 4) is 17.0 Å². The third-order valence-electron chi connectivity index (χ3n) is 3.14. The lowest BCUT2D eigenvalue weighted by atomic mass is 10.2. The van der Waals surface area contributed by atoms with Gasteiger partial charge < -0.3 is 10.1 Å². The normalized spacial score (nSPS) is 11.2. The van der Waals surface area contributed by atoms with Gasteiger partial charge in [0.15, 0.2) is 0 Å². The predicted molar refractivity (Wildman–Crippen MR) is 81.3 cm³/mol. The van der Waals surface area contributed by atoms with Crippen molar-refractivity contribution in [1.29, 1.82) is 0 Å². The Bertz CT molecular complexity index is 853. The fourth-order valence-electron chi connectivity index (χ4n) is 2.06. The standard InChI is InChI=1S/C16H12F3N4O2/c17-16(18,19)25-13-3-1-12(2-4-13)22-15-9-14(20-10-21-15)11-5-7-23(24)8-6-11/h1-10,24H,(H,20,21,22)/q+1. The van der Waals surface area contributed by atoms with E-state index in [1.54, 1.807) is 18.2 Å². The van der Waals surface area contributed by atoms with E-state index in [9.17, 15) is 18.4 Å². The molecule has 2 N–H and O–H groups in total. The molecular formula is C16H12F3N4O2+. The van der Waals surface area contributed by atoms with Crippen molar-refractivity contribution >= 4 is 11.5 Å². The molecule has 0 unspecified atom stereocenters. The maximum Gasteiger partial charge on any atom is 0.573 e. The van der Waals surface area contributed by atoms with Crippen molar-refractivity contribution in [2.45, 2.75) is 6.36 Å². The van der Waals surface area contributed by atoms with Gasteiger partial charge in [-0.3, -0.25) is 5.21 Å². The Morgan fingerprint density at radius 2 is 1.68 bits per heavy atom. The van der Waals surface area contributed by atoms with Crippen LogP contribution in [-0.4, -0.2) is 21.5 Å². The van der Waals surface area contributed by atoms with Crippen molar-refractivity contribution in [2.75, 3.05) is 5.32 Å². The number of nitrogens with zero attached hydrogens (tertiary/aromatic N) is 3. The Labute approximate surface area is 140 Å². The second-order valence-electron chi connectivity index (χ2n) is 4.95. The molecule has 0 saturated carbocycles. The number of rotatable bonds is 4. The number of hydrogen-bond donors (Lipinski definition) is 2. The second kappa shape index (κ2) is 6.63. The Morgan fingerprint density at radius 3 is 2.32 bits per heavy atom. The zero-order valence-corrected chi connectivity index (χ0v) is 12.6. The van der Waals surface area contributed by atoms with Crippen molar-refractivity contribution in [3.63, 3.8) is 0 Å². The molecular weight excluding hydrogens is 337 g/mol. The molecule has 0 bridgehead atoms. The summed E-state index contributed by atoms with van der Waals surface area (Å²) in [6, 6.07) is 10.3. The largest absolute Gasteiger partial charge is 0.573 e. The van der Waals surface area contributed by atoms with E-state index in [1.807, 2.05) is 0 Å². The maximum atomic E-state index is 12.1. The third-order valence-corrected chi connectivity index (χ3v) is 3.14. The molecule has 6 nitrogen and oxygen atoms in total. The number of nitrogens with one attached hydrogen (secondary N) is 1. The molecule has 25 heavy (non-hydrogen) atoms. The number of ether oxygens (including phenoxy) is 1. The van der Waals surface area contributed by atoms with E-state index in [-0.39, 0.29) is 5.75 Å². The minimum absolute atomic E-state index is 0.303. The SMILES string of the molecule is O[n+]1ccc(-c2cc(Nc3ccc(OC(F)(F)F)cc3)ncn2)cc1. The molecule has 0 radical (unpaired) electrons. The minimum atomic E-state index is -4.72. The summed E-state index contributed by atoms with van der Waals surface area (Å²) < 4.78 is 41.2. The van der Waals surface area contributed by atoms with Gasteiger partial charge in [0, 0.05) is 34.2 Å². The van der Waals surface area contributed by atoms with Crippen LogP contribution in [0.25, 0.3) is 11.3 Å². The molecule has 9 heteroatoms. The zero-order chi connectivity index (χ0) is 17.9. The van der Waals surface area contributed by atoms with Crippen LogP contribution in [0.3, 0.4) is 0 Å². The number of benzene rings is 1. The highest BCUT2D eigenvalue weighted by Gasteiger charge is 2.30. The molecule has 0 aliphatic carbocycles. The van der Waals surface area contributed by atoms with Gasteiger partial charge in [0.1, 0.15) is 17.9 Å². The molecule has 0 amide bonds. The Morgan fingerprint density at radius 1 is 1.00 bits per heavy atom. The molecule has 0 aliphatic heterocycles. The van der Waals surface area contributed by atoms with Crippen molar-refractivity contribution < 1.29 is 27.8 Å². The summed E-state index contributed by atoms with van der Waals surface area (Å²) in [7, 11) is 0. The molecule has 2 aromatic heterocycles. The number of halogens is 3. The lowest BCUT2D eigenvalue weighted by Gasteiger charge is -2.10. The van der Waals surface area contributed by atoms with Crippen LogP contribution in [0.2, 0.25) is 0 Å². The fraction of sp³-hybridized carbons (Fsp3) is 0.0625. The first-order valence-corrected chi connectivity index (χ1v) is 7.05. The Kier molecular flexibility index (Phi) is 4.38. The number of alkyl halides is 3. The number of hydrogen-bond acceptors (Lipinski definition) is 5. The van der Waals surface area contributed by atoms with Crippen LogP contribution in [-0.2, 0) is 0 Å². The zero-order valence-electron chi connectivity index (χ0n) is 12.6. The molecule has 3 rings (SSSR count). The van der Waals surface area contributed by atoms with Crippen LogP contribution in [0.4, 0.5) is 24.7 Å². The van der Waals surface area contributed by atoms with Gasteiger partial charge in [-0.25, -0.2) is 9.97 Å². The lowest BCUT2D eigenvalue weighted by Crippen LogP contribution is -2.27. The van der Waals surface area contributed by atoms with Crippen molar-refractivity contribution in [1.82, 2.24) is 9.97 Å². The highest BCUT2D eigenvalue weighted by atomic mass is 19.4. The van der Waals surface area contributed by atoms with Gasteiger partial charge in [-0.2, -0.15) is 0 Å². The summed E-state index contributed by atoms with van der Waals surface area (Å²) in [5.74, 6) is 0.165. The second-order valence-corrected chi connectivity index (χ2v) is 4.95. The fourth-order valence-corrected chi connectivity index (χ4v) is 2.06. The summed E-state index contributed by atoms with van der Waals surface area (Å²) in [6.07, 6.45) is -0.439. The highest BCUT2D eigenvalue weighted by molar-refractivity contribution is 5.64. The number of anilines is 2. The van der Waals surface area contributed by atoms with E-state index >= 15 is 0 Å². The number of aromatic nitrogens is 3. The summed E-state index contributed by atoms with van der Waals surface area (Å²) in [5.41, 5.74) is 1.93. The summed E-state index contributed by atoms with van der Waals surface area (Å²) in [6.45, 7) is 0. The molecule has 0 aliphatic rings. The van der Waals surface area contributed by atoms with Crippen LogP contribution < -0.4 is 14.8 Å². The van der Waals surface area contributed by atoms with E-state index in [0.717, 1.165) is 10.3 Å². The van der Waals surface area contributed by atoms with E-state index < -0.39 is 6.36 Å². The molecule has 128 valence electrons. The highest BCUT2D eigenvalue weighted by Crippen LogP contribution is 2.25. The first-order chi connectivity index (χ1) is 11.9. The summed E-state index contributed by atoms with van der Waals surface area (Å²) in [4.78, 5) is 8.22. The first kappa shape index (κ1) is 16.5. The average Bonchev–Trinajstić information content (AvgIpc) is 2.56. The van der Waals surface area contributed by atoms with Crippen molar-refractivity contribution in [3.05, 3.63) is 61.2 Å². The van der Waals surface area contributed by atoms with Crippen LogP contribution in [0, 0.1) is 0 Å². The van der Waals surface area contributed by atoms with Gasteiger partial charge in [0.25, 0.3) is 0 Å². The molecule has 1 aromatic carbocycles. The van der Waals surface area contributed by atoms with Crippen molar-refractivity contribution in [2.24, 2.45) is 0 Å². The minimum Gasteiger partial charge on any atom is -0.406 e. The smallest absolute Gasteiger partial charge is 0.406 e. The number of pyridine rings is 1. The van der Waals surface area contributed by atoms with Crippen LogP contribution in [0.5, 0.6) is 5.75 Å². The first-order valence-electron chi connectivity index (χ1n) is 7.05. The monoisotopic (exact) mass is 349 g/mol. The molecule has 3 aromatic rings. The van der Waals surface area contributed by atoms with E-state index in [4.69, 9.17) is 0 Å². The van der Waals surface area contributed by atoms with Gasteiger partial charge in [-0.15, -0.1) is 13.2 Å². The van der Waals surface area contributed by atoms with Gasteiger partial charge >= 0.3 is 6.36 Å². The molecule has 0 spiro atoms. The third kappa shape index (κ3) is 4.56. The lowest BCUT2D eigenvalue weighted by molar-refractivity contribution is -0.904. The van der Waals surface area contributed by atoms with E-state index in [0.29, 0.717) is 17.2 Å². The van der Waals surface area contributed by atoms with Crippen LogP contribution in [0.15, 0.2) is 61.2 Å². The molecule has 0 atom stereocenters. The Balaban J connectivity index is 1.75. The summed E-state index contributed by atoms with van der Waals surface area (Å²) >= 11 is 0. The van der Waals surface area contributed by atoms with Gasteiger partial charge in [-0.05, 0) is 24.3 Å². The molecule has 0 saturated heterocycles. The van der Waals surface area contributed by atoms with E-state index in [2.05, 4.69) is 20.0 Å².